The van der Waals surface area contributed by atoms with Gasteiger partial charge in [0.1, 0.15) is 5.57 Å². The number of anilines is 1. The van der Waals surface area contributed by atoms with Crippen molar-refractivity contribution in [3.8, 4) is 5.69 Å². The molecule has 2 heterocycles. The van der Waals surface area contributed by atoms with Gasteiger partial charge in [-0.25, -0.2) is 9.69 Å². The number of rotatable bonds is 3. The average molecular weight is 464 g/mol. The Balaban J connectivity index is 1.76. The molecule has 30 heavy (non-hydrogen) atoms. The summed E-state index contributed by atoms with van der Waals surface area (Å²) in [7, 11) is 0. The number of nitrogens with zero attached hydrogens (tertiary/aromatic N) is 2. The number of hydrogen-bond acceptors (Lipinski definition) is 3. The molecule has 0 atom stereocenters. The quantitative estimate of drug-likeness (QED) is 0.458. The molecule has 2 aromatic carbocycles. The Morgan fingerprint density at radius 2 is 1.57 bits per heavy atom. The minimum atomic E-state index is -0.756. The number of carbonyl (C=O) groups is 3. The van der Waals surface area contributed by atoms with Gasteiger partial charge in [0.05, 0.1) is 5.69 Å². The molecule has 4 rings (SSSR count). The number of imide groups is 2. The molecule has 0 unspecified atom stereocenters. The molecule has 7 heteroatoms. The Bertz CT molecular complexity index is 1190. The number of urea groups is 1. The van der Waals surface area contributed by atoms with Gasteiger partial charge >= 0.3 is 6.03 Å². The van der Waals surface area contributed by atoms with E-state index in [1.807, 2.05) is 48.7 Å². The summed E-state index contributed by atoms with van der Waals surface area (Å²) in [5.41, 5.74) is 3.86. The molecule has 0 spiro atoms. The first kappa shape index (κ1) is 19.8. The van der Waals surface area contributed by atoms with Crippen molar-refractivity contribution in [2.45, 2.75) is 13.8 Å². The van der Waals surface area contributed by atoms with Crippen LogP contribution in [0.1, 0.15) is 17.0 Å². The SMILES string of the molecule is Cc1cc(/C=C2\C(=O)NC(=O)N(c3ccccc3)C2=O)c(C)n1-c1ccc(Br)cc1. The van der Waals surface area contributed by atoms with Gasteiger partial charge in [-0.1, -0.05) is 34.1 Å². The highest BCUT2D eigenvalue weighted by Crippen LogP contribution is 2.26. The van der Waals surface area contributed by atoms with E-state index in [0.29, 0.717) is 5.69 Å². The summed E-state index contributed by atoms with van der Waals surface area (Å²) in [5, 5.41) is 2.25. The first-order valence-corrected chi connectivity index (χ1v) is 10.1. The summed E-state index contributed by atoms with van der Waals surface area (Å²) < 4.78 is 3.02. The predicted octanol–water partition coefficient (Wildman–Crippen LogP) is 4.52. The first-order chi connectivity index (χ1) is 14.4. The second-order valence-corrected chi connectivity index (χ2v) is 7.85. The fourth-order valence-electron chi connectivity index (χ4n) is 3.55. The topological polar surface area (TPSA) is 71.4 Å². The van der Waals surface area contributed by atoms with Crippen LogP contribution in [-0.4, -0.2) is 22.4 Å². The standard InChI is InChI=1S/C23H18BrN3O3/c1-14-12-16(15(2)26(14)19-10-8-17(24)9-11-19)13-20-21(28)25-23(30)27(22(20)29)18-6-4-3-5-7-18/h3-13H,1-2H3,(H,25,28,30)/b20-13+. The number of aromatic nitrogens is 1. The largest absolute Gasteiger partial charge is 0.335 e. The lowest BCUT2D eigenvalue weighted by atomic mass is 10.1. The van der Waals surface area contributed by atoms with Crippen molar-refractivity contribution in [2.24, 2.45) is 0 Å². The second kappa shape index (κ2) is 7.76. The number of amides is 4. The van der Waals surface area contributed by atoms with Crippen molar-refractivity contribution in [2.75, 3.05) is 4.90 Å². The highest BCUT2D eigenvalue weighted by atomic mass is 79.9. The second-order valence-electron chi connectivity index (χ2n) is 6.93. The average Bonchev–Trinajstić information content (AvgIpc) is 3.00. The summed E-state index contributed by atoms with van der Waals surface area (Å²) >= 11 is 3.44. The van der Waals surface area contributed by atoms with Crippen LogP contribution >= 0.6 is 15.9 Å². The molecule has 0 bridgehead atoms. The molecule has 0 radical (unpaired) electrons. The highest BCUT2D eigenvalue weighted by molar-refractivity contribution is 9.10. The zero-order valence-electron chi connectivity index (χ0n) is 16.3. The lowest BCUT2D eigenvalue weighted by Gasteiger charge is -2.26. The summed E-state index contributed by atoms with van der Waals surface area (Å²) in [4.78, 5) is 38.7. The molecule has 1 fully saturated rings. The van der Waals surface area contributed by atoms with Gasteiger partial charge in [-0.05, 0) is 68.0 Å². The number of aryl methyl sites for hydroxylation is 1. The van der Waals surface area contributed by atoms with Gasteiger partial charge in [0, 0.05) is 21.5 Å². The maximum absolute atomic E-state index is 13.0. The van der Waals surface area contributed by atoms with Crippen molar-refractivity contribution in [1.82, 2.24) is 9.88 Å². The monoisotopic (exact) mass is 463 g/mol. The molecule has 1 N–H and O–H groups in total. The van der Waals surface area contributed by atoms with Crippen LogP contribution in [0, 0.1) is 13.8 Å². The minimum Gasteiger partial charge on any atom is -0.318 e. The van der Waals surface area contributed by atoms with Gasteiger partial charge < -0.3 is 4.57 Å². The molecule has 150 valence electrons. The summed E-state index contributed by atoms with van der Waals surface area (Å²) in [5.74, 6) is -1.35. The van der Waals surface area contributed by atoms with Gasteiger partial charge in [-0.15, -0.1) is 0 Å². The van der Waals surface area contributed by atoms with Crippen LogP contribution in [0.5, 0.6) is 0 Å². The van der Waals surface area contributed by atoms with Crippen LogP contribution in [0.3, 0.4) is 0 Å². The molecule has 0 saturated carbocycles. The molecular formula is C23H18BrN3O3. The molecule has 3 aromatic rings. The van der Waals surface area contributed by atoms with E-state index in [0.717, 1.165) is 32.0 Å². The normalized spacial score (nSPS) is 15.6. The van der Waals surface area contributed by atoms with E-state index < -0.39 is 17.8 Å². The Morgan fingerprint density at radius 3 is 2.23 bits per heavy atom. The fraction of sp³-hybridized carbons (Fsp3) is 0.0870. The third-order valence-corrected chi connectivity index (χ3v) is 5.50. The Morgan fingerprint density at radius 1 is 0.900 bits per heavy atom. The fourth-order valence-corrected chi connectivity index (χ4v) is 3.81. The third-order valence-electron chi connectivity index (χ3n) is 4.97. The lowest BCUT2D eigenvalue weighted by molar-refractivity contribution is -0.122. The summed E-state index contributed by atoms with van der Waals surface area (Å²) in [6.45, 7) is 3.88. The van der Waals surface area contributed by atoms with Gasteiger partial charge in [-0.2, -0.15) is 0 Å². The molecular weight excluding hydrogens is 446 g/mol. The Hall–Kier alpha value is -3.45. The maximum Gasteiger partial charge on any atom is 0.335 e. The van der Waals surface area contributed by atoms with Crippen LogP contribution in [0.2, 0.25) is 0 Å². The van der Waals surface area contributed by atoms with Gasteiger partial charge in [0.2, 0.25) is 0 Å². The van der Waals surface area contributed by atoms with Crippen molar-refractivity contribution >= 4 is 45.5 Å². The van der Waals surface area contributed by atoms with Crippen LogP contribution in [0.15, 0.2) is 70.7 Å². The Labute approximate surface area is 181 Å². The molecule has 1 saturated heterocycles. The van der Waals surface area contributed by atoms with Crippen LogP contribution in [0.25, 0.3) is 11.8 Å². The zero-order chi connectivity index (χ0) is 21.4. The molecule has 4 amide bonds. The van der Waals surface area contributed by atoms with Crippen molar-refractivity contribution < 1.29 is 14.4 Å². The van der Waals surface area contributed by atoms with Crippen LogP contribution in [-0.2, 0) is 9.59 Å². The number of para-hydroxylation sites is 1. The molecule has 6 nitrogen and oxygen atoms in total. The first-order valence-electron chi connectivity index (χ1n) is 9.28. The summed E-state index contributed by atoms with van der Waals surface area (Å²) in [6.07, 6.45) is 1.54. The van der Waals surface area contributed by atoms with Gasteiger partial charge in [0.15, 0.2) is 0 Å². The molecule has 1 aromatic heterocycles. The number of barbiturate groups is 1. The molecule has 1 aliphatic heterocycles. The minimum absolute atomic E-state index is 0.0884. The number of carbonyl (C=O) groups excluding carboxylic acids is 3. The van der Waals surface area contributed by atoms with Crippen LogP contribution < -0.4 is 10.2 Å². The van der Waals surface area contributed by atoms with E-state index >= 15 is 0 Å². The molecule has 1 aliphatic rings. The number of hydrogen-bond donors (Lipinski definition) is 1. The van der Waals surface area contributed by atoms with Crippen molar-refractivity contribution in [1.29, 1.82) is 0 Å². The zero-order valence-corrected chi connectivity index (χ0v) is 17.9. The third kappa shape index (κ3) is 3.48. The number of benzene rings is 2. The smallest absolute Gasteiger partial charge is 0.318 e. The van der Waals surface area contributed by atoms with Crippen molar-refractivity contribution in [3.05, 3.63) is 87.7 Å². The van der Waals surface area contributed by atoms with Crippen LogP contribution in [0.4, 0.5) is 10.5 Å². The van der Waals surface area contributed by atoms with E-state index in [4.69, 9.17) is 0 Å². The van der Waals surface area contributed by atoms with E-state index in [1.54, 1.807) is 30.3 Å². The van der Waals surface area contributed by atoms with E-state index in [-0.39, 0.29) is 5.57 Å². The van der Waals surface area contributed by atoms with E-state index in [1.165, 1.54) is 6.08 Å². The highest BCUT2D eigenvalue weighted by Gasteiger charge is 2.36. The van der Waals surface area contributed by atoms with Gasteiger partial charge in [-0.3, -0.25) is 14.9 Å². The number of halogens is 1. The lowest BCUT2D eigenvalue weighted by Crippen LogP contribution is -2.54. The van der Waals surface area contributed by atoms with E-state index in [2.05, 4.69) is 21.2 Å². The van der Waals surface area contributed by atoms with E-state index in [9.17, 15) is 14.4 Å². The van der Waals surface area contributed by atoms with Crippen molar-refractivity contribution in [3.63, 3.8) is 0 Å². The molecule has 0 aliphatic carbocycles. The predicted molar refractivity (Wildman–Crippen MR) is 118 cm³/mol. The number of nitrogens with one attached hydrogen (secondary N) is 1. The van der Waals surface area contributed by atoms with Gasteiger partial charge in [0.25, 0.3) is 11.8 Å². The Kier molecular flexibility index (Phi) is 5.13. The summed E-state index contributed by atoms with van der Waals surface area (Å²) in [6, 6.07) is 17.5. The maximum atomic E-state index is 13.0.